The number of nitrogens with one attached hydrogen (secondary N) is 2. The first-order valence-electron chi connectivity index (χ1n) is 10.4. The molecule has 31 heavy (non-hydrogen) atoms. The molecule has 0 bridgehead atoms. The fraction of sp³-hybridized carbons (Fsp3) is 0.435. The quantitative estimate of drug-likeness (QED) is 0.559. The van der Waals surface area contributed by atoms with Crippen LogP contribution >= 0.6 is 0 Å². The Balaban J connectivity index is 2.01. The monoisotopic (exact) mass is 425 g/mol. The van der Waals surface area contributed by atoms with Crippen LogP contribution in [0.5, 0.6) is 5.75 Å². The standard InChI is InChI=1S/C23H31N5O3/c1-15(2)31-12-11-28-10-9-16-13-19(25-18-8-7-17(30-6)14-24-18)26-21(20(16)22(28)29)27-23(3,4)5/h7-10,13-15H,11-12H2,1-6H3,(H2,24,25,26,27). The van der Waals surface area contributed by atoms with E-state index >= 15 is 0 Å². The summed E-state index contributed by atoms with van der Waals surface area (Å²) >= 11 is 0. The van der Waals surface area contributed by atoms with Crippen LogP contribution in [0, 0.1) is 0 Å². The van der Waals surface area contributed by atoms with Crippen molar-refractivity contribution in [3.05, 3.63) is 47.0 Å². The molecule has 0 amide bonds. The maximum Gasteiger partial charge on any atom is 0.262 e. The molecule has 0 unspecified atom stereocenters. The van der Waals surface area contributed by atoms with Gasteiger partial charge in [-0.2, -0.15) is 0 Å². The lowest BCUT2D eigenvalue weighted by Gasteiger charge is -2.23. The minimum absolute atomic E-state index is 0.0989. The molecule has 0 spiro atoms. The van der Waals surface area contributed by atoms with Crippen LogP contribution in [0.1, 0.15) is 34.6 Å². The molecule has 3 aromatic heterocycles. The maximum absolute atomic E-state index is 13.2. The Hall–Kier alpha value is -3.13. The first kappa shape index (κ1) is 22.6. The third kappa shape index (κ3) is 5.95. The van der Waals surface area contributed by atoms with Gasteiger partial charge in [0.15, 0.2) is 0 Å². The second-order valence-corrected chi connectivity index (χ2v) is 8.64. The van der Waals surface area contributed by atoms with Crippen molar-refractivity contribution in [2.24, 2.45) is 0 Å². The van der Waals surface area contributed by atoms with Crippen LogP contribution in [0.3, 0.4) is 0 Å². The van der Waals surface area contributed by atoms with Crippen molar-refractivity contribution in [1.29, 1.82) is 0 Å². The zero-order valence-corrected chi connectivity index (χ0v) is 19.0. The summed E-state index contributed by atoms with van der Waals surface area (Å²) < 4.78 is 12.4. The lowest BCUT2D eigenvalue weighted by molar-refractivity contribution is 0.0723. The largest absolute Gasteiger partial charge is 0.495 e. The fourth-order valence-corrected chi connectivity index (χ4v) is 3.08. The molecule has 3 rings (SSSR count). The fourth-order valence-electron chi connectivity index (χ4n) is 3.08. The lowest BCUT2D eigenvalue weighted by Crippen LogP contribution is -2.29. The van der Waals surface area contributed by atoms with Gasteiger partial charge in [0.25, 0.3) is 5.56 Å². The summed E-state index contributed by atoms with van der Waals surface area (Å²) in [5.74, 6) is 2.44. The van der Waals surface area contributed by atoms with E-state index in [0.717, 1.165) is 5.39 Å². The van der Waals surface area contributed by atoms with Crippen molar-refractivity contribution in [2.45, 2.75) is 52.8 Å². The van der Waals surface area contributed by atoms with Crippen molar-refractivity contribution in [3.8, 4) is 5.75 Å². The average Bonchev–Trinajstić information content (AvgIpc) is 2.68. The number of hydrogen-bond donors (Lipinski definition) is 2. The number of nitrogens with zero attached hydrogens (tertiary/aromatic N) is 3. The molecular formula is C23H31N5O3. The highest BCUT2D eigenvalue weighted by Gasteiger charge is 2.17. The SMILES string of the molecule is COc1ccc(Nc2cc3ccn(CCOC(C)C)c(=O)c3c(NC(C)(C)C)n2)nc1. The van der Waals surface area contributed by atoms with Crippen LogP contribution in [0.2, 0.25) is 0 Å². The van der Waals surface area contributed by atoms with Gasteiger partial charge in [-0.05, 0) is 64.3 Å². The second-order valence-electron chi connectivity index (χ2n) is 8.64. The molecule has 0 aliphatic carbocycles. The van der Waals surface area contributed by atoms with Gasteiger partial charge < -0.3 is 24.7 Å². The zero-order valence-electron chi connectivity index (χ0n) is 19.0. The molecule has 0 aliphatic heterocycles. The molecule has 3 heterocycles. The average molecular weight is 426 g/mol. The number of methoxy groups -OCH3 is 1. The molecule has 0 aliphatic rings. The summed E-state index contributed by atoms with van der Waals surface area (Å²) in [6.45, 7) is 11.0. The van der Waals surface area contributed by atoms with E-state index in [-0.39, 0.29) is 17.2 Å². The van der Waals surface area contributed by atoms with Gasteiger partial charge >= 0.3 is 0 Å². The van der Waals surface area contributed by atoms with E-state index in [0.29, 0.717) is 41.7 Å². The van der Waals surface area contributed by atoms with Crippen molar-refractivity contribution in [2.75, 3.05) is 24.4 Å². The van der Waals surface area contributed by atoms with Crippen LogP contribution in [0.4, 0.5) is 17.5 Å². The molecule has 3 aromatic rings. The second kappa shape index (κ2) is 9.34. The molecule has 0 fully saturated rings. The Labute approximate surface area is 182 Å². The van der Waals surface area contributed by atoms with E-state index in [1.807, 2.05) is 58.9 Å². The van der Waals surface area contributed by atoms with Crippen molar-refractivity contribution < 1.29 is 9.47 Å². The number of anilines is 3. The van der Waals surface area contributed by atoms with Gasteiger partial charge in [0.05, 0.1) is 31.4 Å². The van der Waals surface area contributed by atoms with Crippen LogP contribution in [-0.2, 0) is 11.3 Å². The summed E-state index contributed by atoms with van der Waals surface area (Å²) in [6, 6.07) is 7.41. The Morgan fingerprint density at radius 3 is 2.55 bits per heavy atom. The third-order valence-electron chi connectivity index (χ3n) is 4.46. The topological polar surface area (TPSA) is 90.3 Å². The summed E-state index contributed by atoms with van der Waals surface area (Å²) in [4.78, 5) is 22.3. The van der Waals surface area contributed by atoms with E-state index in [9.17, 15) is 4.79 Å². The summed E-state index contributed by atoms with van der Waals surface area (Å²) in [7, 11) is 1.60. The highest BCUT2D eigenvalue weighted by Crippen LogP contribution is 2.26. The number of rotatable bonds is 8. The van der Waals surface area contributed by atoms with E-state index in [1.54, 1.807) is 24.1 Å². The van der Waals surface area contributed by atoms with E-state index < -0.39 is 0 Å². The van der Waals surface area contributed by atoms with Gasteiger partial charge in [-0.3, -0.25) is 4.79 Å². The Morgan fingerprint density at radius 1 is 1.16 bits per heavy atom. The molecule has 0 radical (unpaired) electrons. The van der Waals surface area contributed by atoms with E-state index in [4.69, 9.17) is 14.5 Å². The molecule has 0 aromatic carbocycles. The summed E-state index contributed by atoms with van der Waals surface area (Å²) in [5.41, 5.74) is -0.372. The third-order valence-corrected chi connectivity index (χ3v) is 4.46. The highest BCUT2D eigenvalue weighted by molar-refractivity contribution is 5.93. The van der Waals surface area contributed by atoms with Crippen molar-refractivity contribution in [3.63, 3.8) is 0 Å². The number of fused-ring (bicyclic) bond motifs is 1. The molecule has 2 N–H and O–H groups in total. The normalized spacial score (nSPS) is 11.7. The predicted octanol–water partition coefficient (Wildman–Crippen LogP) is 4.18. The summed E-state index contributed by atoms with van der Waals surface area (Å²) in [6.07, 6.45) is 3.55. The van der Waals surface area contributed by atoms with Gasteiger partial charge in [-0.25, -0.2) is 9.97 Å². The molecule has 0 saturated carbocycles. The van der Waals surface area contributed by atoms with Crippen LogP contribution in [-0.4, -0.2) is 39.9 Å². The number of hydrogen-bond acceptors (Lipinski definition) is 7. The number of aromatic nitrogens is 3. The van der Waals surface area contributed by atoms with Crippen LogP contribution in [0.15, 0.2) is 41.5 Å². The minimum atomic E-state index is -0.273. The first-order chi connectivity index (χ1) is 14.7. The molecule has 166 valence electrons. The van der Waals surface area contributed by atoms with Gasteiger partial charge in [0.2, 0.25) is 0 Å². The van der Waals surface area contributed by atoms with Crippen molar-refractivity contribution in [1.82, 2.24) is 14.5 Å². The Bertz CT molecular complexity index is 1090. The zero-order chi connectivity index (χ0) is 22.6. The molecule has 8 nitrogen and oxygen atoms in total. The first-order valence-corrected chi connectivity index (χ1v) is 10.4. The Morgan fingerprint density at radius 2 is 1.94 bits per heavy atom. The minimum Gasteiger partial charge on any atom is -0.495 e. The lowest BCUT2D eigenvalue weighted by atomic mass is 10.1. The molecule has 8 heteroatoms. The predicted molar refractivity (Wildman–Crippen MR) is 125 cm³/mol. The van der Waals surface area contributed by atoms with Gasteiger partial charge in [0, 0.05) is 18.3 Å². The molecular weight excluding hydrogens is 394 g/mol. The highest BCUT2D eigenvalue weighted by atomic mass is 16.5. The van der Waals surface area contributed by atoms with Gasteiger partial charge in [-0.15, -0.1) is 0 Å². The van der Waals surface area contributed by atoms with E-state index in [1.165, 1.54) is 0 Å². The smallest absolute Gasteiger partial charge is 0.262 e. The molecule has 0 atom stereocenters. The van der Waals surface area contributed by atoms with Crippen molar-refractivity contribution >= 4 is 28.2 Å². The number of pyridine rings is 3. The van der Waals surface area contributed by atoms with Gasteiger partial charge in [0.1, 0.15) is 23.2 Å². The van der Waals surface area contributed by atoms with Crippen LogP contribution < -0.4 is 20.9 Å². The maximum atomic E-state index is 13.2. The number of ether oxygens (including phenoxy) is 2. The Kier molecular flexibility index (Phi) is 6.80. The summed E-state index contributed by atoms with van der Waals surface area (Å²) in [5, 5.41) is 7.93. The van der Waals surface area contributed by atoms with Gasteiger partial charge in [-0.1, -0.05) is 0 Å². The van der Waals surface area contributed by atoms with E-state index in [2.05, 4.69) is 15.6 Å². The van der Waals surface area contributed by atoms with Crippen LogP contribution in [0.25, 0.3) is 10.8 Å². The molecule has 0 saturated heterocycles.